The van der Waals surface area contributed by atoms with E-state index < -0.39 is 5.91 Å². The monoisotopic (exact) mass is 303 g/mol. The summed E-state index contributed by atoms with van der Waals surface area (Å²) in [5.41, 5.74) is 1.01. The summed E-state index contributed by atoms with van der Waals surface area (Å²) in [6, 6.07) is 6.40. The molecular weight excluding hydrogens is 286 g/mol. The van der Waals surface area contributed by atoms with Gasteiger partial charge in [0.05, 0.1) is 0 Å². The van der Waals surface area contributed by atoms with E-state index in [2.05, 4.69) is 5.32 Å². The lowest BCUT2D eigenvalue weighted by Gasteiger charge is -2.14. The topological polar surface area (TPSA) is 86.8 Å². The van der Waals surface area contributed by atoms with E-state index in [1.165, 1.54) is 4.90 Å². The Morgan fingerprint density at radius 2 is 1.64 bits per heavy atom. The molecule has 0 unspecified atom stereocenters. The van der Waals surface area contributed by atoms with E-state index in [-0.39, 0.29) is 37.1 Å². The van der Waals surface area contributed by atoms with E-state index in [9.17, 15) is 19.2 Å². The van der Waals surface area contributed by atoms with Crippen molar-refractivity contribution in [2.45, 2.75) is 12.8 Å². The summed E-state index contributed by atoms with van der Waals surface area (Å²) >= 11 is 0. The molecule has 0 saturated carbocycles. The number of rotatable bonds is 4. The maximum absolute atomic E-state index is 11.9. The first kappa shape index (κ1) is 15.7. The highest BCUT2D eigenvalue weighted by Crippen LogP contribution is 2.13. The van der Waals surface area contributed by atoms with Crippen LogP contribution in [0.3, 0.4) is 0 Å². The number of carbonyl (C=O) groups is 4. The van der Waals surface area contributed by atoms with E-state index in [1.54, 1.807) is 38.4 Å². The maximum Gasteiger partial charge on any atom is 0.253 e. The van der Waals surface area contributed by atoms with Crippen molar-refractivity contribution in [2.75, 3.05) is 26.0 Å². The number of hydrogen-bond acceptors (Lipinski definition) is 4. The van der Waals surface area contributed by atoms with Crippen molar-refractivity contribution < 1.29 is 19.2 Å². The zero-order chi connectivity index (χ0) is 16.3. The zero-order valence-electron chi connectivity index (χ0n) is 12.5. The highest BCUT2D eigenvalue weighted by Gasteiger charge is 2.30. The number of amides is 4. The first-order valence-electron chi connectivity index (χ1n) is 6.83. The number of carbonyl (C=O) groups excluding carboxylic acids is 4. The van der Waals surface area contributed by atoms with Crippen molar-refractivity contribution in [3.8, 4) is 0 Å². The van der Waals surface area contributed by atoms with E-state index in [0.717, 1.165) is 4.90 Å². The lowest BCUT2D eigenvalue weighted by Crippen LogP contribution is -2.36. The van der Waals surface area contributed by atoms with Gasteiger partial charge in [-0.15, -0.1) is 0 Å². The zero-order valence-corrected chi connectivity index (χ0v) is 12.5. The van der Waals surface area contributed by atoms with E-state index in [4.69, 9.17) is 0 Å². The minimum Gasteiger partial charge on any atom is -0.345 e. The fourth-order valence-corrected chi connectivity index (χ4v) is 2.10. The van der Waals surface area contributed by atoms with Crippen LogP contribution in [0.2, 0.25) is 0 Å². The van der Waals surface area contributed by atoms with Crippen LogP contribution in [0.15, 0.2) is 24.3 Å². The normalized spacial score (nSPS) is 14.2. The first-order chi connectivity index (χ1) is 10.4. The number of benzene rings is 1. The molecule has 1 N–H and O–H groups in total. The molecule has 7 heteroatoms. The quantitative estimate of drug-likeness (QED) is 0.819. The fourth-order valence-electron chi connectivity index (χ4n) is 2.10. The molecule has 7 nitrogen and oxygen atoms in total. The number of likely N-dealkylation sites (tertiary alicyclic amines) is 1. The Hall–Kier alpha value is -2.70. The predicted octanol–water partition coefficient (Wildman–Crippen LogP) is 0.476. The third-order valence-corrected chi connectivity index (χ3v) is 3.28. The van der Waals surface area contributed by atoms with Crippen LogP contribution >= 0.6 is 0 Å². The number of anilines is 1. The molecule has 1 heterocycles. The predicted molar refractivity (Wildman–Crippen MR) is 79.0 cm³/mol. The molecular formula is C15H17N3O4. The largest absolute Gasteiger partial charge is 0.345 e. The van der Waals surface area contributed by atoms with Gasteiger partial charge in [0.1, 0.15) is 6.54 Å². The van der Waals surface area contributed by atoms with Crippen LogP contribution in [0.25, 0.3) is 0 Å². The summed E-state index contributed by atoms with van der Waals surface area (Å²) in [6.07, 6.45) is 0.320. The Kier molecular flexibility index (Phi) is 4.55. The second-order valence-corrected chi connectivity index (χ2v) is 5.20. The Morgan fingerprint density at radius 3 is 2.14 bits per heavy atom. The lowest BCUT2D eigenvalue weighted by molar-refractivity contribution is -0.141. The Morgan fingerprint density at radius 1 is 1.09 bits per heavy atom. The second kappa shape index (κ2) is 6.38. The molecule has 0 aromatic heterocycles. The Balaban J connectivity index is 1.96. The summed E-state index contributed by atoms with van der Waals surface area (Å²) in [6.45, 7) is -0.282. The van der Waals surface area contributed by atoms with Gasteiger partial charge < -0.3 is 10.2 Å². The number of imide groups is 1. The molecule has 116 valence electrons. The molecule has 0 atom stereocenters. The van der Waals surface area contributed by atoms with Crippen molar-refractivity contribution in [1.29, 1.82) is 0 Å². The molecule has 1 fully saturated rings. The SMILES string of the molecule is CN(C)C(=O)c1ccc(NC(=O)CN2C(=O)CCC2=O)cc1. The minimum atomic E-state index is -0.449. The minimum absolute atomic E-state index is 0.133. The van der Waals surface area contributed by atoms with E-state index in [0.29, 0.717) is 11.3 Å². The van der Waals surface area contributed by atoms with Crippen molar-refractivity contribution in [2.24, 2.45) is 0 Å². The summed E-state index contributed by atoms with van der Waals surface area (Å²) in [7, 11) is 3.31. The van der Waals surface area contributed by atoms with Crippen molar-refractivity contribution in [3.63, 3.8) is 0 Å². The van der Waals surface area contributed by atoms with Gasteiger partial charge in [-0.05, 0) is 24.3 Å². The van der Waals surface area contributed by atoms with E-state index >= 15 is 0 Å². The van der Waals surface area contributed by atoms with Crippen LogP contribution in [-0.2, 0) is 14.4 Å². The van der Waals surface area contributed by atoms with Gasteiger partial charge in [0.15, 0.2) is 0 Å². The van der Waals surface area contributed by atoms with Gasteiger partial charge in [-0.25, -0.2) is 0 Å². The second-order valence-electron chi connectivity index (χ2n) is 5.20. The van der Waals surface area contributed by atoms with Gasteiger partial charge >= 0.3 is 0 Å². The van der Waals surface area contributed by atoms with Crippen molar-refractivity contribution in [3.05, 3.63) is 29.8 Å². The van der Waals surface area contributed by atoms with Gasteiger partial charge in [-0.3, -0.25) is 24.1 Å². The summed E-state index contributed by atoms with van der Waals surface area (Å²) in [5, 5.41) is 2.60. The number of nitrogens with zero attached hydrogens (tertiary/aromatic N) is 2. The standard InChI is InChI=1S/C15H17N3O4/c1-17(2)15(22)10-3-5-11(6-4-10)16-12(19)9-18-13(20)7-8-14(18)21/h3-6H,7-9H2,1-2H3,(H,16,19). The summed E-state index contributed by atoms with van der Waals surface area (Å²) < 4.78 is 0. The Labute approximate surface area is 127 Å². The molecule has 0 bridgehead atoms. The average Bonchev–Trinajstić information content (AvgIpc) is 2.79. The molecule has 22 heavy (non-hydrogen) atoms. The first-order valence-corrected chi connectivity index (χ1v) is 6.83. The van der Waals surface area contributed by atoms with Crippen LogP contribution in [0.4, 0.5) is 5.69 Å². The molecule has 1 aromatic rings. The van der Waals surface area contributed by atoms with Gasteiger partial charge in [0.2, 0.25) is 17.7 Å². The molecule has 2 rings (SSSR count). The number of hydrogen-bond donors (Lipinski definition) is 1. The molecule has 0 radical (unpaired) electrons. The summed E-state index contributed by atoms with van der Waals surface area (Å²) in [4.78, 5) is 48.9. The third kappa shape index (κ3) is 3.49. The average molecular weight is 303 g/mol. The van der Waals surface area contributed by atoms with Crippen LogP contribution < -0.4 is 5.32 Å². The highest BCUT2D eigenvalue weighted by molar-refractivity contribution is 6.06. The van der Waals surface area contributed by atoms with Gasteiger partial charge in [0, 0.05) is 38.2 Å². The fraction of sp³-hybridized carbons (Fsp3) is 0.333. The third-order valence-electron chi connectivity index (χ3n) is 3.28. The van der Waals surface area contributed by atoms with Crippen molar-refractivity contribution in [1.82, 2.24) is 9.80 Å². The molecule has 1 saturated heterocycles. The molecule has 1 aliphatic heterocycles. The van der Waals surface area contributed by atoms with Gasteiger partial charge in [-0.2, -0.15) is 0 Å². The summed E-state index contributed by atoms with van der Waals surface area (Å²) in [5.74, 6) is -1.24. The lowest BCUT2D eigenvalue weighted by atomic mass is 10.2. The molecule has 1 aromatic carbocycles. The van der Waals surface area contributed by atoms with E-state index in [1.807, 2.05) is 0 Å². The van der Waals surface area contributed by atoms with Crippen LogP contribution in [0, 0.1) is 0 Å². The smallest absolute Gasteiger partial charge is 0.253 e. The Bertz CT molecular complexity index is 606. The van der Waals surface area contributed by atoms with Crippen LogP contribution in [0.5, 0.6) is 0 Å². The molecule has 0 aliphatic carbocycles. The molecule has 4 amide bonds. The number of nitrogens with one attached hydrogen (secondary N) is 1. The maximum atomic E-state index is 11.9. The van der Waals surface area contributed by atoms with Gasteiger partial charge in [0.25, 0.3) is 5.91 Å². The molecule has 1 aliphatic rings. The molecule has 0 spiro atoms. The van der Waals surface area contributed by atoms with Crippen LogP contribution in [-0.4, -0.2) is 54.1 Å². The highest BCUT2D eigenvalue weighted by atomic mass is 16.2. The van der Waals surface area contributed by atoms with Crippen LogP contribution in [0.1, 0.15) is 23.2 Å². The van der Waals surface area contributed by atoms with Crippen molar-refractivity contribution >= 4 is 29.3 Å². The van der Waals surface area contributed by atoms with Gasteiger partial charge in [-0.1, -0.05) is 0 Å².